The molecule has 1 saturated heterocycles. The van der Waals surface area contributed by atoms with Gasteiger partial charge in [0.05, 0.1) is 0 Å². The van der Waals surface area contributed by atoms with Gasteiger partial charge in [0.2, 0.25) is 0 Å². The highest BCUT2D eigenvalue weighted by Gasteiger charge is 2.39. The van der Waals surface area contributed by atoms with Crippen LogP contribution in [0.5, 0.6) is 0 Å². The summed E-state index contributed by atoms with van der Waals surface area (Å²) in [5.41, 5.74) is 0.0620. The first kappa shape index (κ1) is 23.5. The van der Waals surface area contributed by atoms with Gasteiger partial charge in [-0.2, -0.15) is 0 Å². The molecule has 0 radical (unpaired) electrons. The summed E-state index contributed by atoms with van der Waals surface area (Å²) in [6.07, 6.45) is 16.8. The van der Waals surface area contributed by atoms with E-state index in [4.69, 9.17) is 4.74 Å². The number of nitrogens with one attached hydrogen (secondary N) is 1. The molecule has 1 N–H and O–H groups in total. The van der Waals surface area contributed by atoms with Crippen molar-refractivity contribution in [3.05, 3.63) is 0 Å². The van der Waals surface area contributed by atoms with Crippen LogP contribution in [0.15, 0.2) is 0 Å². The van der Waals surface area contributed by atoms with E-state index in [9.17, 15) is 4.79 Å². The van der Waals surface area contributed by atoms with E-state index in [-0.39, 0.29) is 23.2 Å². The number of hydrogen-bond donors (Lipinski definition) is 1. The fourth-order valence-corrected chi connectivity index (χ4v) is 4.49. The number of piperidine rings is 1. The first-order chi connectivity index (χ1) is 12.2. The molecule has 1 aliphatic heterocycles. The highest BCUT2D eigenvalue weighted by molar-refractivity contribution is 5.69. The fraction of sp³-hybridized carbons (Fsp3) is 0.957. The summed E-state index contributed by atoms with van der Waals surface area (Å²) < 4.78 is 5.78. The molecule has 3 nitrogen and oxygen atoms in total. The van der Waals surface area contributed by atoms with Crippen LogP contribution in [-0.4, -0.2) is 23.2 Å². The maximum Gasteiger partial charge on any atom is 0.306 e. The summed E-state index contributed by atoms with van der Waals surface area (Å²) >= 11 is 0. The molecule has 0 unspecified atom stereocenters. The molecular formula is C23H45NO2. The van der Waals surface area contributed by atoms with E-state index < -0.39 is 0 Å². The third-order valence-corrected chi connectivity index (χ3v) is 5.44. The van der Waals surface area contributed by atoms with Crippen molar-refractivity contribution in [1.29, 1.82) is 0 Å². The summed E-state index contributed by atoms with van der Waals surface area (Å²) in [5.74, 6) is -0.000533. The van der Waals surface area contributed by atoms with Crippen molar-refractivity contribution in [3.8, 4) is 0 Å². The number of hydrogen-bond acceptors (Lipinski definition) is 3. The van der Waals surface area contributed by atoms with Gasteiger partial charge in [-0.15, -0.1) is 0 Å². The number of esters is 1. The Balaban J connectivity index is 2.02. The highest BCUT2D eigenvalue weighted by atomic mass is 16.5. The van der Waals surface area contributed by atoms with E-state index in [1.165, 1.54) is 57.8 Å². The predicted molar refractivity (Wildman–Crippen MR) is 111 cm³/mol. The SMILES string of the molecule is CCCCCCCCCCCCCC(=O)OC1CC(C)(C)NC(C)(C)C1. The van der Waals surface area contributed by atoms with Crippen LogP contribution in [0.4, 0.5) is 0 Å². The molecule has 1 fully saturated rings. The lowest BCUT2D eigenvalue weighted by Gasteiger charge is -2.45. The van der Waals surface area contributed by atoms with Gasteiger partial charge in [-0.05, 0) is 34.1 Å². The Kier molecular flexibility index (Phi) is 10.8. The van der Waals surface area contributed by atoms with E-state index in [1.807, 2.05) is 0 Å². The predicted octanol–water partition coefficient (Wildman–Crippen LogP) is 6.54. The summed E-state index contributed by atoms with van der Waals surface area (Å²) in [5, 5.41) is 3.63. The zero-order chi connectivity index (χ0) is 19.5. The van der Waals surface area contributed by atoms with Crippen LogP contribution < -0.4 is 5.32 Å². The van der Waals surface area contributed by atoms with Crippen LogP contribution in [0, 0.1) is 0 Å². The quantitative estimate of drug-likeness (QED) is 0.297. The number of rotatable bonds is 13. The first-order valence-corrected chi connectivity index (χ1v) is 11.2. The standard InChI is InChI=1S/C23H45NO2/c1-6-7-8-9-10-11-12-13-14-15-16-17-21(25)26-20-18-22(2,3)24-23(4,5)19-20/h20,24H,6-19H2,1-5H3. The second-order valence-electron chi connectivity index (χ2n) is 9.70. The number of unbranched alkanes of at least 4 members (excludes halogenated alkanes) is 10. The van der Waals surface area contributed by atoms with Crippen LogP contribution in [0.2, 0.25) is 0 Å². The lowest BCUT2D eigenvalue weighted by Crippen LogP contribution is -2.59. The van der Waals surface area contributed by atoms with Crippen molar-refractivity contribution in [2.75, 3.05) is 0 Å². The molecule has 0 aromatic rings. The average molecular weight is 368 g/mol. The monoisotopic (exact) mass is 367 g/mol. The molecule has 0 atom stereocenters. The molecule has 1 aliphatic rings. The molecule has 0 aliphatic carbocycles. The van der Waals surface area contributed by atoms with Crippen LogP contribution in [0.3, 0.4) is 0 Å². The first-order valence-electron chi connectivity index (χ1n) is 11.2. The number of ether oxygens (including phenoxy) is 1. The number of carbonyl (C=O) groups is 1. The Morgan fingerprint density at radius 2 is 1.23 bits per heavy atom. The Labute approximate surface area is 163 Å². The zero-order valence-corrected chi connectivity index (χ0v) is 18.3. The van der Waals surface area contributed by atoms with Crippen LogP contribution in [-0.2, 0) is 9.53 Å². The summed E-state index contributed by atoms with van der Waals surface area (Å²) in [4.78, 5) is 12.2. The van der Waals surface area contributed by atoms with Crippen molar-refractivity contribution >= 4 is 5.97 Å². The molecule has 0 spiro atoms. The molecule has 3 heteroatoms. The van der Waals surface area contributed by atoms with Crippen LogP contribution in [0.25, 0.3) is 0 Å². The third-order valence-electron chi connectivity index (χ3n) is 5.44. The summed E-state index contributed by atoms with van der Waals surface area (Å²) in [6, 6.07) is 0. The van der Waals surface area contributed by atoms with Crippen molar-refractivity contribution in [1.82, 2.24) is 5.32 Å². The van der Waals surface area contributed by atoms with Crippen molar-refractivity contribution in [3.63, 3.8) is 0 Å². The van der Waals surface area contributed by atoms with Gasteiger partial charge < -0.3 is 10.1 Å². The van der Waals surface area contributed by atoms with Gasteiger partial charge in [0.1, 0.15) is 6.10 Å². The lowest BCUT2D eigenvalue weighted by molar-refractivity contribution is -0.153. The summed E-state index contributed by atoms with van der Waals surface area (Å²) in [6.45, 7) is 11.0. The molecule has 0 aromatic heterocycles. The van der Waals surface area contributed by atoms with Crippen LogP contribution >= 0.6 is 0 Å². The molecule has 26 heavy (non-hydrogen) atoms. The Hall–Kier alpha value is -0.570. The molecular weight excluding hydrogens is 322 g/mol. The zero-order valence-electron chi connectivity index (χ0n) is 18.3. The van der Waals surface area contributed by atoms with Gasteiger partial charge in [-0.3, -0.25) is 4.79 Å². The second-order valence-corrected chi connectivity index (χ2v) is 9.70. The smallest absolute Gasteiger partial charge is 0.306 e. The summed E-state index contributed by atoms with van der Waals surface area (Å²) in [7, 11) is 0. The highest BCUT2D eigenvalue weighted by Crippen LogP contribution is 2.30. The van der Waals surface area contributed by atoms with Gasteiger partial charge in [0.25, 0.3) is 0 Å². The maximum absolute atomic E-state index is 12.2. The van der Waals surface area contributed by atoms with Crippen molar-refractivity contribution in [2.45, 2.75) is 142 Å². The minimum atomic E-state index is -0.000533. The largest absolute Gasteiger partial charge is 0.462 e. The average Bonchev–Trinajstić information content (AvgIpc) is 2.49. The van der Waals surface area contributed by atoms with Crippen LogP contribution in [0.1, 0.15) is 125 Å². The van der Waals surface area contributed by atoms with E-state index in [0.29, 0.717) is 6.42 Å². The lowest BCUT2D eigenvalue weighted by atomic mass is 9.81. The van der Waals surface area contributed by atoms with E-state index in [0.717, 1.165) is 25.7 Å². The van der Waals surface area contributed by atoms with Gasteiger partial charge in [0.15, 0.2) is 0 Å². The molecule has 0 bridgehead atoms. The number of carbonyl (C=O) groups excluding carboxylic acids is 1. The van der Waals surface area contributed by atoms with Gasteiger partial charge >= 0.3 is 5.97 Å². The molecule has 1 heterocycles. The fourth-order valence-electron chi connectivity index (χ4n) is 4.49. The third kappa shape index (κ3) is 11.2. The van der Waals surface area contributed by atoms with Gasteiger partial charge in [-0.1, -0.05) is 71.1 Å². The minimum absolute atomic E-state index is 0.000533. The van der Waals surface area contributed by atoms with E-state index >= 15 is 0 Å². The maximum atomic E-state index is 12.2. The van der Waals surface area contributed by atoms with Gasteiger partial charge in [0, 0.05) is 30.3 Å². The molecule has 0 amide bonds. The topological polar surface area (TPSA) is 38.3 Å². The molecule has 0 saturated carbocycles. The molecule has 1 rings (SSSR count). The molecule has 154 valence electrons. The van der Waals surface area contributed by atoms with Crippen molar-refractivity contribution in [2.24, 2.45) is 0 Å². The second kappa shape index (κ2) is 12.0. The normalized spacial score (nSPS) is 19.4. The Bertz CT molecular complexity index is 374. The minimum Gasteiger partial charge on any atom is -0.462 e. The van der Waals surface area contributed by atoms with Gasteiger partial charge in [-0.25, -0.2) is 0 Å². The van der Waals surface area contributed by atoms with Crippen molar-refractivity contribution < 1.29 is 9.53 Å². The van der Waals surface area contributed by atoms with E-state index in [1.54, 1.807) is 0 Å². The Morgan fingerprint density at radius 1 is 0.808 bits per heavy atom. The Morgan fingerprint density at radius 3 is 1.69 bits per heavy atom. The van der Waals surface area contributed by atoms with E-state index in [2.05, 4.69) is 39.9 Å². The molecule has 0 aromatic carbocycles.